The summed E-state index contributed by atoms with van der Waals surface area (Å²) in [5, 5.41) is 0.895. The number of aromatic amines is 1. The van der Waals surface area contributed by atoms with Crippen LogP contribution in [-0.2, 0) is 12.2 Å². The number of piperazine rings is 1. The predicted molar refractivity (Wildman–Crippen MR) is 119 cm³/mol. The summed E-state index contributed by atoms with van der Waals surface area (Å²) in [4.78, 5) is 29.6. The van der Waals surface area contributed by atoms with E-state index in [4.69, 9.17) is 4.74 Å². The molecule has 1 N–H and O–H groups in total. The van der Waals surface area contributed by atoms with Crippen LogP contribution in [-0.4, -0.2) is 63.6 Å². The van der Waals surface area contributed by atoms with Crippen LogP contribution >= 0.6 is 23.1 Å². The smallest absolute Gasteiger partial charge is 0.410 e. The Morgan fingerprint density at radius 1 is 1.20 bits per heavy atom. The predicted octanol–water partition coefficient (Wildman–Crippen LogP) is 3.83. The quantitative estimate of drug-likeness (QED) is 0.560. The van der Waals surface area contributed by atoms with Gasteiger partial charge < -0.3 is 14.6 Å². The van der Waals surface area contributed by atoms with Gasteiger partial charge in [-0.25, -0.2) is 14.8 Å². The number of imidazole rings is 1. The van der Waals surface area contributed by atoms with Crippen LogP contribution in [0.25, 0.3) is 0 Å². The maximum absolute atomic E-state index is 12.5. The van der Waals surface area contributed by atoms with Crippen LogP contribution in [0.1, 0.15) is 16.1 Å². The first-order valence-electron chi connectivity index (χ1n) is 9.96. The normalized spacial score (nSPS) is 14.8. The second-order valence-corrected chi connectivity index (χ2v) is 9.04. The second-order valence-electron chi connectivity index (χ2n) is 7.13. The molecule has 0 saturated carbocycles. The van der Waals surface area contributed by atoms with Gasteiger partial charge in [0.2, 0.25) is 0 Å². The molecule has 3 aromatic rings. The van der Waals surface area contributed by atoms with E-state index in [0.29, 0.717) is 18.8 Å². The van der Waals surface area contributed by atoms with E-state index in [-0.39, 0.29) is 6.09 Å². The lowest BCUT2D eigenvalue weighted by Crippen LogP contribution is -2.49. The summed E-state index contributed by atoms with van der Waals surface area (Å²) in [6, 6.07) is 7.67. The number of hydrogen-bond acceptors (Lipinski definition) is 7. The van der Waals surface area contributed by atoms with Crippen molar-refractivity contribution in [2.45, 2.75) is 24.3 Å². The summed E-state index contributed by atoms with van der Waals surface area (Å²) in [7, 11) is 0. The van der Waals surface area contributed by atoms with Gasteiger partial charge >= 0.3 is 6.09 Å². The van der Waals surface area contributed by atoms with E-state index in [2.05, 4.69) is 26.8 Å². The maximum Gasteiger partial charge on any atom is 0.415 e. The molecule has 0 aliphatic carbocycles. The first-order chi connectivity index (χ1) is 14.7. The molecule has 0 bridgehead atoms. The van der Waals surface area contributed by atoms with E-state index in [1.807, 2.05) is 36.0 Å². The molecule has 1 amide bonds. The lowest BCUT2D eigenvalue weighted by Gasteiger charge is -2.33. The van der Waals surface area contributed by atoms with Crippen molar-refractivity contribution in [1.29, 1.82) is 0 Å². The number of aromatic nitrogens is 3. The number of thioether (sulfide) groups is 1. The van der Waals surface area contributed by atoms with Crippen LogP contribution in [0.3, 0.4) is 0 Å². The molecule has 1 saturated heterocycles. The maximum atomic E-state index is 12.5. The van der Waals surface area contributed by atoms with Gasteiger partial charge in [-0.15, -0.1) is 11.3 Å². The zero-order chi connectivity index (χ0) is 20.8. The van der Waals surface area contributed by atoms with Crippen LogP contribution in [0.15, 0.2) is 47.3 Å². The highest BCUT2D eigenvalue weighted by molar-refractivity contribution is 7.98. The minimum atomic E-state index is -0.273. The summed E-state index contributed by atoms with van der Waals surface area (Å²) in [6.07, 6.45) is 4.30. The third kappa shape index (κ3) is 5.62. The van der Waals surface area contributed by atoms with Crippen LogP contribution < -0.4 is 4.74 Å². The SMILES string of the molecule is Cc1ncsc1CCN1CCN(C(=O)Oc2ccc(CSc3ncc[nH]3)cc2)CC1. The van der Waals surface area contributed by atoms with E-state index in [1.165, 1.54) is 4.88 Å². The Labute approximate surface area is 184 Å². The highest BCUT2D eigenvalue weighted by Crippen LogP contribution is 2.21. The number of hydrogen-bond donors (Lipinski definition) is 1. The van der Waals surface area contributed by atoms with Gasteiger partial charge in [-0.3, -0.25) is 4.90 Å². The number of nitrogens with one attached hydrogen (secondary N) is 1. The van der Waals surface area contributed by atoms with Crippen LogP contribution in [0.4, 0.5) is 4.79 Å². The lowest BCUT2D eigenvalue weighted by atomic mass is 10.2. The lowest BCUT2D eigenvalue weighted by molar-refractivity contribution is 0.111. The fourth-order valence-corrected chi connectivity index (χ4v) is 4.83. The standard InChI is InChI=1S/C21H25N5O2S2/c1-16-19(30-15-24-16)6-9-25-10-12-26(13-11-25)21(27)28-18-4-2-17(3-5-18)14-29-20-22-7-8-23-20/h2-5,7-8,15H,6,9-14H2,1H3,(H,22,23). The summed E-state index contributed by atoms with van der Waals surface area (Å²) in [5.41, 5.74) is 4.19. The van der Waals surface area contributed by atoms with Crippen LogP contribution in [0, 0.1) is 6.92 Å². The molecule has 0 radical (unpaired) electrons. The summed E-state index contributed by atoms with van der Waals surface area (Å²) >= 11 is 3.36. The Morgan fingerprint density at radius 2 is 2.00 bits per heavy atom. The van der Waals surface area contributed by atoms with Gasteiger partial charge in [0, 0.05) is 55.7 Å². The molecule has 0 atom stereocenters. The van der Waals surface area contributed by atoms with Crippen LogP contribution in [0.2, 0.25) is 0 Å². The van der Waals surface area contributed by atoms with Crippen molar-refractivity contribution in [3.63, 3.8) is 0 Å². The van der Waals surface area contributed by atoms with E-state index in [0.717, 1.165) is 48.2 Å². The molecular formula is C21H25N5O2S2. The van der Waals surface area contributed by atoms with Gasteiger partial charge in [-0.05, 0) is 31.0 Å². The zero-order valence-electron chi connectivity index (χ0n) is 16.9. The molecule has 30 heavy (non-hydrogen) atoms. The number of aryl methyl sites for hydroxylation is 1. The molecule has 0 unspecified atom stereocenters. The largest absolute Gasteiger partial charge is 0.415 e. The highest BCUT2D eigenvalue weighted by atomic mass is 32.2. The van der Waals surface area contributed by atoms with E-state index in [1.54, 1.807) is 34.2 Å². The number of carbonyl (C=O) groups is 1. The number of ether oxygens (including phenoxy) is 1. The van der Waals surface area contributed by atoms with Crippen LogP contribution in [0.5, 0.6) is 5.75 Å². The molecule has 158 valence electrons. The molecule has 9 heteroatoms. The molecule has 1 aliphatic heterocycles. The number of nitrogens with zero attached hydrogens (tertiary/aromatic N) is 4. The van der Waals surface area contributed by atoms with Gasteiger partial charge in [0.1, 0.15) is 5.75 Å². The number of amides is 1. The van der Waals surface area contributed by atoms with Crippen molar-refractivity contribution in [1.82, 2.24) is 24.8 Å². The number of thiazole rings is 1. The van der Waals surface area contributed by atoms with Crippen molar-refractivity contribution in [3.8, 4) is 5.75 Å². The fourth-order valence-electron chi connectivity index (χ4n) is 3.28. The van der Waals surface area contributed by atoms with Crippen molar-refractivity contribution in [2.75, 3.05) is 32.7 Å². The molecule has 1 aliphatic rings. The Bertz CT molecular complexity index is 935. The van der Waals surface area contributed by atoms with E-state index >= 15 is 0 Å². The monoisotopic (exact) mass is 443 g/mol. The highest BCUT2D eigenvalue weighted by Gasteiger charge is 2.22. The summed E-state index contributed by atoms with van der Waals surface area (Å²) < 4.78 is 5.57. The van der Waals surface area contributed by atoms with E-state index in [9.17, 15) is 4.79 Å². The van der Waals surface area contributed by atoms with Crippen molar-refractivity contribution < 1.29 is 9.53 Å². The third-order valence-corrected chi connectivity index (χ3v) is 7.08. The van der Waals surface area contributed by atoms with Crippen molar-refractivity contribution in [2.24, 2.45) is 0 Å². The van der Waals surface area contributed by atoms with Gasteiger partial charge in [-0.2, -0.15) is 0 Å². The average Bonchev–Trinajstić information content (AvgIpc) is 3.44. The van der Waals surface area contributed by atoms with E-state index < -0.39 is 0 Å². The zero-order valence-corrected chi connectivity index (χ0v) is 18.5. The molecule has 1 fully saturated rings. The molecule has 4 rings (SSSR count). The third-order valence-electron chi connectivity index (χ3n) is 5.11. The molecule has 1 aromatic carbocycles. The summed E-state index contributed by atoms with van der Waals surface area (Å²) in [6.45, 7) is 6.19. The second kappa shape index (κ2) is 10.1. The van der Waals surface area contributed by atoms with Crippen molar-refractivity contribution in [3.05, 3.63) is 58.3 Å². The Kier molecular flexibility index (Phi) is 7.03. The number of rotatable bonds is 7. The van der Waals surface area contributed by atoms with Gasteiger partial charge in [-0.1, -0.05) is 23.9 Å². The minimum Gasteiger partial charge on any atom is -0.410 e. The minimum absolute atomic E-state index is 0.273. The average molecular weight is 444 g/mol. The first kappa shape index (κ1) is 20.9. The molecule has 2 aromatic heterocycles. The van der Waals surface area contributed by atoms with Gasteiger partial charge in [0.15, 0.2) is 5.16 Å². The summed E-state index contributed by atoms with van der Waals surface area (Å²) in [5.74, 6) is 1.39. The Morgan fingerprint density at radius 3 is 2.67 bits per heavy atom. The number of benzene rings is 1. The molecule has 3 heterocycles. The van der Waals surface area contributed by atoms with Crippen molar-refractivity contribution >= 4 is 29.2 Å². The fraction of sp³-hybridized carbons (Fsp3) is 0.381. The Balaban J connectivity index is 1.19. The number of H-pyrrole nitrogens is 1. The first-order valence-corrected chi connectivity index (χ1v) is 11.8. The van der Waals surface area contributed by atoms with Gasteiger partial charge in [0.05, 0.1) is 11.2 Å². The molecule has 0 spiro atoms. The topological polar surface area (TPSA) is 74.3 Å². The van der Waals surface area contributed by atoms with Gasteiger partial charge in [0.25, 0.3) is 0 Å². The molecule has 7 nitrogen and oxygen atoms in total. The Hall–Kier alpha value is -2.36. The number of carbonyl (C=O) groups excluding carboxylic acids is 1. The molecular weight excluding hydrogens is 418 g/mol.